The van der Waals surface area contributed by atoms with E-state index in [1.165, 1.54) is 11.0 Å². The molecule has 0 radical (unpaired) electrons. The number of nitrogens with zero attached hydrogens (tertiary/aromatic N) is 1. The van der Waals surface area contributed by atoms with Gasteiger partial charge >= 0.3 is 0 Å². The molecule has 0 fully saturated rings. The first kappa shape index (κ1) is 18.4. The van der Waals surface area contributed by atoms with Gasteiger partial charge in [-0.3, -0.25) is 19.3 Å². The largest absolute Gasteiger partial charge is 0.344 e. The quantitative estimate of drug-likeness (QED) is 0.785. The summed E-state index contributed by atoms with van der Waals surface area (Å²) in [5.41, 5.74) is 0.922. The van der Waals surface area contributed by atoms with Crippen molar-refractivity contribution in [3.8, 4) is 0 Å². The number of carbonyl (C=O) groups is 3. The Kier molecular flexibility index (Phi) is 6.78. The molecule has 0 unspecified atom stereocenters. The summed E-state index contributed by atoms with van der Waals surface area (Å²) < 4.78 is 0. The van der Waals surface area contributed by atoms with Crippen LogP contribution in [0.4, 0.5) is 0 Å². The van der Waals surface area contributed by atoms with Crippen LogP contribution in [0, 0.1) is 5.92 Å². The third kappa shape index (κ3) is 4.42. The summed E-state index contributed by atoms with van der Waals surface area (Å²) in [7, 11) is 0. The van der Waals surface area contributed by atoms with E-state index < -0.39 is 6.04 Å². The SMILES string of the molecule is CCC[C@H]1C(C)=CC(=O)N1C(=O)[C@@H](CC(C)C)NC(=O)CC. The Morgan fingerprint density at radius 2 is 1.95 bits per heavy atom. The standard InChI is InChI=1S/C17H28N2O3/c1-6-8-14-12(5)10-16(21)19(14)17(22)13(9-11(3)4)18-15(20)7-2/h10-11,13-14H,6-9H2,1-5H3,(H,18,20)/t13-,14+/m1/s1. The van der Waals surface area contributed by atoms with Crippen LogP contribution in [-0.4, -0.2) is 34.7 Å². The highest BCUT2D eigenvalue weighted by Crippen LogP contribution is 2.25. The third-order valence-electron chi connectivity index (χ3n) is 3.89. The van der Waals surface area contributed by atoms with Crippen LogP contribution in [0.1, 0.15) is 60.3 Å². The predicted octanol–water partition coefficient (Wildman–Crippen LogP) is 2.41. The van der Waals surface area contributed by atoms with Crippen LogP contribution in [0.15, 0.2) is 11.6 Å². The van der Waals surface area contributed by atoms with Gasteiger partial charge in [-0.05, 0) is 31.3 Å². The summed E-state index contributed by atoms with van der Waals surface area (Å²) in [4.78, 5) is 38.0. The van der Waals surface area contributed by atoms with E-state index in [1.54, 1.807) is 6.92 Å². The van der Waals surface area contributed by atoms with Gasteiger partial charge in [0.05, 0.1) is 6.04 Å². The van der Waals surface area contributed by atoms with Gasteiger partial charge in [0.15, 0.2) is 0 Å². The van der Waals surface area contributed by atoms with E-state index in [2.05, 4.69) is 5.32 Å². The minimum atomic E-state index is -0.630. The Bertz CT molecular complexity index is 469. The van der Waals surface area contributed by atoms with E-state index in [0.29, 0.717) is 12.8 Å². The van der Waals surface area contributed by atoms with E-state index >= 15 is 0 Å². The highest BCUT2D eigenvalue weighted by Gasteiger charge is 2.38. The van der Waals surface area contributed by atoms with E-state index in [-0.39, 0.29) is 29.7 Å². The molecule has 0 spiro atoms. The molecule has 0 saturated heterocycles. The minimum Gasteiger partial charge on any atom is -0.344 e. The number of rotatable bonds is 7. The van der Waals surface area contributed by atoms with Crippen molar-refractivity contribution in [2.45, 2.75) is 72.4 Å². The van der Waals surface area contributed by atoms with Gasteiger partial charge in [-0.25, -0.2) is 0 Å². The molecule has 1 aliphatic rings. The fraction of sp³-hybridized carbons (Fsp3) is 0.706. The predicted molar refractivity (Wildman–Crippen MR) is 86.0 cm³/mol. The van der Waals surface area contributed by atoms with Crippen molar-refractivity contribution < 1.29 is 14.4 Å². The molecule has 0 aliphatic carbocycles. The second-order valence-electron chi connectivity index (χ2n) is 6.34. The third-order valence-corrected chi connectivity index (χ3v) is 3.89. The maximum Gasteiger partial charge on any atom is 0.253 e. The smallest absolute Gasteiger partial charge is 0.253 e. The van der Waals surface area contributed by atoms with Crippen molar-refractivity contribution >= 4 is 17.7 Å². The molecule has 1 aliphatic heterocycles. The van der Waals surface area contributed by atoms with Gasteiger partial charge in [-0.15, -0.1) is 0 Å². The van der Waals surface area contributed by atoms with Gasteiger partial charge in [-0.2, -0.15) is 0 Å². The Balaban J connectivity index is 2.96. The lowest BCUT2D eigenvalue weighted by atomic mass is 10.0. The number of hydrogen-bond acceptors (Lipinski definition) is 3. The molecule has 0 aromatic rings. The lowest BCUT2D eigenvalue weighted by Crippen LogP contribution is -2.52. The first-order chi connectivity index (χ1) is 10.3. The second kappa shape index (κ2) is 8.11. The second-order valence-corrected chi connectivity index (χ2v) is 6.34. The van der Waals surface area contributed by atoms with Crippen LogP contribution in [0.5, 0.6) is 0 Å². The van der Waals surface area contributed by atoms with Crippen LogP contribution in [-0.2, 0) is 14.4 Å². The molecule has 0 aromatic carbocycles. The van der Waals surface area contributed by atoms with Gasteiger partial charge in [0.2, 0.25) is 5.91 Å². The lowest BCUT2D eigenvalue weighted by molar-refractivity contribution is -0.146. The fourth-order valence-electron chi connectivity index (χ4n) is 2.77. The van der Waals surface area contributed by atoms with Crippen LogP contribution in [0.2, 0.25) is 0 Å². The molecular weight excluding hydrogens is 280 g/mol. The molecule has 2 atom stereocenters. The van der Waals surface area contributed by atoms with Crippen molar-refractivity contribution in [3.63, 3.8) is 0 Å². The average Bonchev–Trinajstić information content (AvgIpc) is 2.71. The Morgan fingerprint density at radius 1 is 1.32 bits per heavy atom. The van der Waals surface area contributed by atoms with E-state index in [9.17, 15) is 14.4 Å². The van der Waals surface area contributed by atoms with Gasteiger partial charge in [0, 0.05) is 12.5 Å². The number of amides is 3. The summed E-state index contributed by atoms with van der Waals surface area (Å²) in [6, 6.07) is -0.798. The molecule has 0 bridgehead atoms. The number of nitrogens with one attached hydrogen (secondary N) is 1. The molecule has 1 heterocycles. The summed E-state index contributed by atoms with van der Waals surface area (Å²) in [5, 5.41) is 2.77. The molecule has 22 heavy (non-hydrogen) atoms. The van der Waals surface area contributed by atoms with Crippen molar-refractivity contribution in [1.82, 2.24) is 10.2 Å². The zero-order valence-electron chi connectivity index (χ0n) is 14.3. The molecule has 1 N–H and O–H groups in total. The topological polar surface area (TPSA) is 66.5 Å². The summed E-state index contributed by atoms with van der Waals surface area (Å²) in [6.07, 6.45) is 4.04. The summed E-state index contributed by atoms with van der Waals surface area (Å²) in [5.74, 6) is -0.461. The number of imide groups is 1. The van der Waals surface area contributed by atoms with Crippen molar-refractivity contribution in [3.05, 3.63) is 11.6 Å². The normalized spacial score (nSPS) is 19.4. The van der Waals surface area contributed by atoms with Crippen molar-refractivity contribution in [1.29, 1.82) is 0 Å². The van der Waals surface area contributed by atoms with Gasteiger partial charge in [0.1, 0.15) is 6.04 Å². The molecule has 1 rings (SSSR count). The van der Waals surface area contributed by atoms with Crippen molar-refractivity contribution in [2.24, 2.45) is 5.92 Å². The molecule has 5 heteroatoms. The molecule has 0 saturated carbocycles. The van der Waals surface area contributed by atoms with Crippen LogP contribution in [0.25, 0.3) is 0 Å². The Hall–Kier alpha value is -1.65. The zero-order chi connectivity index (χ0) is 16.9. The first-order valence-electron chi connectivity index (χ1n) is 8.16. The summed E-state index contributed by atoms with van der Waals surface area (Å²) >= 11 is 0. The fourth-order valence-corrected chi connectivity index (χ4v) is 2.77. The van der Waals surface area contributed by atoms with Crippen LogP contribution in [0.3, 0.4) is 0 Å². The number of carbonyl (C=O) groups excluding carboxylic acids is 3. The number of hydrogen-bond donors (Lipinski definition) is 1. The maximum absolute atomic E-state index is 12.8. The highest BCUT2D eigenvalue weighted by atomic mass is 16.2. The molecule has 0 aromatic heterocycles. The molecular formula is C17H28N2O3. The Morgan fingerprint density at radius 3 is 2.45 bits per heavy atom. The first-order valence-corrected chi connectivity index (χ1v) is 8.16. The van der Waals surface area contributed by atoms with E-state index in [1.807, 2.05) is 27.7 Å². The van der Waals surface area contributed by atoms with E-state index in [0.717, 1.165) is 18.4 Å². The minimum absolute atomic E-state index is 0.164. The highest BCUT2D eigenvalue weighted by molar-refractivity contribution is 6.06. The molecule has 5 nitrogen and oxygen atoms in total. The van der Waals surface area contributed by atoms with Crippen LogP contribution < -0.4 is 5.32 Å². The van der Waals surface area contributed by atoms with Gasteiger partial charge in [-0.1, -0.05) is 34.1 Å². The molecule has 3 amide bonds. The summed E-state index contributed by atoms with van der Waals surface area (Å²) in [6.45, 7) is 9.66. The lowest BCUT2D eigenvalue weighted by Gasteiger charge is -2.29. The average molecular weight is 308 g/mol. The van der Waals surface area contributed by atoms with Gasteiger partial charge < -0.3 is 5.32 Å². The van der Waals surface area contributed by atoms with E-state index in [4.69, 9.17) is 0 Å². The van der Waals surface area contributed by atoms with Gasteiger partial charge in [0.25, 0.3) is 11.8 Å². The maximum atomic E-state index is 12.8. The Labute approximate surface area is 133 Å². The molecule has 124 valence electrons. The monoisotopic (exact) mass is 308 g/mol. The zero-order valence-corrected chi connectivity index (χ0v) is 14.3. The van der Waals surface area contributed by atoms with Crippen LogP contribution >= 0.6 is 0 Å². The van der Waals surface area contributed by atoms with Crippen molar-refractivity contribution in [2.75, 3.05) is 0 Å².